The zero-order valence-corrected chi connectivity index (χ0v) is 12.0. The first-order chi connectivity index (χ1) is 9.49. The van der Waals surface area contributed by atoms with Crippen LogP contribution in [0.5, 0.6) is 0 Å². The van der Waals surface area contributed by atoms with Gasteiger partial charge in [-0.3, -0.25) is 4.79 Å². The molecule has 0 aliphatic rings. The number of hydrogen-bond acceptors (Lipinski definition) is 3. The maximum absolute atomic E-state index is 13.1. The van der Waals surface area contributed by atoms with Crippen molar-refractivity contribution in [2.24, 2.45) is 0 Å². The molecule has 0 saturated carbocycles. The van der Waals surface area contributed by atoms with E-state index in [-0.39, 0.29) is 22.4 Å². The van der Waals surface area contributed by atoms with Crippen LogP contribution >= 0.6 is 11.6 Å². The van der Waals surface area contributed by atoms with E-state index in [4.69, 9.17) is 11.6 Å². The van der Waals surface area contributed by atoms with Gasteiger partial charge >= 0.3 is 0 Å². The molecular formula is C14H15ClFN3O. The van der Waals surface area contributed by atoms with Crippen molar-refractivity contribution in [1.82, 2.24) is 9.78 Å². The van der Waals surface area contributed by atoms with Crippen LogP contribution in [0.25, 0.3) is 0 Å². The topological polar surface area (TPSA) is 46.9 Å². The molecule has 0 unspecified atom stereocenters. The van der Waals surface area contributed by atoms with Gasteiger partial charge in [0, 0.05) is 6.54 Å². The van der Waals surface area contributed by atoms with Gasteiger partial charge < -0.3 is 5.32 Å². The fourth-order valence-electron chi connectivity index (χ4n) is 1.78. The lowest BCUT2D eigenvalue weighted by atomic mass is 10.2. The van der Waals surface area contributed by atoms with Crippen molar-refractivity contribution in [3.05, 3.63) is 57.2 Å². The lowest BCUT2D eigenvalue weighted by molar-refractivity contribution is 0.503. The Bertz CT molecular complexity index is 670. The molecule has 1 aromatic carbocycles. The fourth-order valence-corrected chi connectivity index (χ4v) is 1.98. The summed E-state index contributed by atoms with van der Waals surface area (Å²) in [4.78, 5) is 12.0. The van der Waals surface area contributed by atoms with Crippen LogP contribution in [0.3, 0.4) is 0 Å². The van der Waals surface area contributed by atoms with Gasteiger partial charge in [0.2, 0.25) is 0 Å². The summed E-state index contributed by atoms with van der Waals surface area (Å²) in [6, 6.07) is 6.15. The summed E-state index contributed by atoms with van der Waals surface area (Å²) in [7, 11) is 0. The minimum Gasteiger partial charge on any atom is -0.378 e. The number of hydrogen-bond donors (Lipinski definition) is 1. The van der Waals surface area contributed by atoms with Crippen molar-refractivity contribution >= 4 is 17.3 Å². The van der Waals surface area contributed by atoms with E-state index in [0.717, 1.165) is 5.56 Å². The van der Waals surface area contributed by atoms with Gasteiger partial charge in [0.05, 0.1) is 17.9 Å². The molecule has 2 rings (SSSR count). The first-order valence-corrected chi connectivity index (χ1v) is 6.62. The van der Waals surface area contributed by atoms with Gasteiger partial charge in [0.1, 0.15) is 10.8 Å². The fraction of sp³-hybridized carbons (Fsp3) is 0.286. The smallest absolute Gasteiger partial charge is 0.287 e. The molecule has 2 aromatic rings. The number of aromatic nitrogens is 2. The second-order valence-corrected chi connectivity index (χ2v) is 5.08. The molecule has 1 N–H and O–H groups in total. The van der Waals surface area contributed by atoms with Crippen LogP contribution in [0.1, 0.15) is 25.5 Å². The summed E-state index contributed by atoms with van der Waals surface area (Å²) in [6.45, 7) is 4.07. The zero-order valence-electron chi connectivity index (χ0n) is 11.2. The van der Waals surface area contributed by atoms with E-state index in [2.05, 4.69) is 10.4 Å². The summed E-state index contributed by atoms with van der Waals surface area (Å²) in [5.41, 5.74) is 0.859. The third-order valence-corrected chi connectivity index (χ3v) is 3.17. The molecule has 0 bridgehead atoms. The van der Waals surface area contributed by atoms with E-state index in [0.29, 0.717) is 12.2 Å². The molecule has 0 saturated heterocycles. The Hall–Kier alpha value is -1.88. The average molecular weight is 296 g/mol. The van der Waals surface area contributed by atoms with E-state index in [1.165, 1.54) is 23.0 Å². The summed E-state index contributed by atoms with van der Waals surface area (Å²) in [5, 5.41) is 7.13. The van der Waals surface area contributed by atoms with Crippen LogP contribution in [0.4, 0.5) is 10.1 Å². The van der Waals surface area contributed by atoms with E-state index in [1.54, 1.807) is 12.1 Å². The Morgan fingerprint density at radius 1 is 1.45 bits per heavy atom. The van der Waals surface area contributed by atoms with Crippen LogP contribution < -0.4 is 10.9 Å². The maximum atomic E-state index is 13.1. The summed E-state index contributed by atoms with van der Waals surface area (Å²) >= 11 is 6.03. The van der Waals surface area contributed by atoms with Crippen LogP contribution in [-0.4, -0.2) is 9.78 Å². The third kappa shape index (κ3) is 3.17. The van der Waals surface area contributed by atoms with Crippen molar-refractivity contribution in [2.75, 3.05) is 5.32 Å². The van der Waals surface area contributed by atoms with Gasteiger partial charge in [0.25, 0.3) is 5.56 Å². The zero-order chi connectivity index (χ0) is 14.7. The predicted molar refractivity (Wildman–Crippen MR) is 77.6 cm³/mol. The molecule has 0 amide bonds. The molecule has 6 heteroatoms. The molecule has 1 aromatic heterocycles. The van der Waals surface area contributed by atoms with Crippen LogP contribution in [0.2, 0.25) is 5.02 Å². The summed E-state index contributed by atoms with van der Waals surface area (Å²) < 4.78 is 14.4. The quantitative estimate of drug-likeness (QED) is 0.942. The van der Waals surface area contributed by atoms with Gasteiger partial charge in [-0.1, -0.05) is 23.7 Å². The summed E-state index contributed by atoms with van der Waals surface area (Å²) in [6.07, 6.45) is 1.50. The van der Waals surface area contributed by atoms with Gasteiger partial charge in [-0.2, -0.15) is 5.10 Å². The standard InChI is InChI=1S/C14H15ClFN3O/c1-9(2)19-14(20)13(15)12(8-18-19)17-7-10-4-3-5-11(16)6-10/h3-6,8-9,17H,7H2,1-2H3. The lowest BCUT2D eigenvalue weighted by Gasteiger charge is -2.12. The predicted octanol–water partition coefficient (Wildman–Crippen LogP) is 3.23. The SMILES string of the molecule is CC(C)n1ncc(NCc2cccc(F)c2)c(Cl)c1=O. The van der Waals surface area contributed by atoms with Crippen molar-refractivity contribution in [3.63, 3.8) is 0 Å². The first-order valence-electron chi connectivity index (χ1n) is 6.24. The molecule has 20 heavy (non-hydrogen) atoms. The molecule has 0 spiro atoms. The molecule has 0 fully saturated rings. The summed E-state index contributed by atoms with van der Waals surface area (Å²) in [5.74, 6) is -0.302. The average Bonchev–Trinajstić information content (AvgIpc) is 2.40. The number of rotatable bonds is 4. The minimum atomic E-state index is -0.342. The van der Waals surface area contributed by atoms with E-state index < -0.39 is 0 Å². The maximum Gasteiger partial charge on any atom is 0.287 e. The Balaban J connectivity index is 2.19. The normalized spacial score (nSPS) is 10.8. The van der Waals surface area contributed by atoms with Crippen molar-refractivity contribution < 1.29 is 4.39 Å². The number of benzene rings is 1. The molecule has 1 heterocycles. The molecule has 4 nitrogen and oxygen atoms in total. The van der Waals surface area contributed by atoms with Gasteiger partial charge in [0.15, 0.2) is 0 Å². The molecule has 0 aliphatic carbocycles. The Labute approximate surface area is 121 Å². The largest absolute Gasteiger partial charge is 0.378 e. The van der Waals surface area contributed by atoms with Crippen molar-refractivity contribution in [2.45, 2.75) is 26.4 Å². The number of nitrogens with one attached hydrogen (secondary N) is 1. The highest BCUT2D eigenvalue weighted by Crippen LogP contribution is 2.17. The highest BCUT2D eigenvalue weighted by atomic mass is 35.5. The molecular weight excluding hydrogens is 281 g/mol. The Morgan fingerprint density at radius 3 is 2.85 bits per heavy atom. The van der Waals surface area contributed by atoms with E-state index in [9.17, 15) is 9.18 Å². The van der Waals surface area contributed by atoms with Crippen LogP contribution in [0.15, 0.2) is 35.3 Å². The number of nitrogens with zero attached hydrogens (tertiary/aromatic N) is 2. The van der Waals surface area contributed by atoms with Gasteiger partial charge in [-0.15, -0.1) is 0 Å². The highest BCUT2D eigenvalue weighted by Gasteiger charge is 2.10. The number of halogens is 2. The lowest BCUT2D eigenvalue weighted by Crippen LogP contribution is -2.25. The highest BCUT2D eigenvalue weighted by molar-refractivity contribution is 6.32. The Morgan fingerprint density at radius 2 is 2.20 bits per heavy atom. The van der Waals surface area contributed by atoms with Crippen molar-refractivity contribution in [1.29, 1.82) is 0 Å². The van der Waals surface area contributed by atoms with Crippen LogP contribution in [0, 0.1) is 5.82 Å². The van der Waals surface area contributed by atoms with Gasteiger partial charge in [-0.05, 0) is 31.5 Å². The molecule has 0 atom stereocenters. The number of anilines is 1. The van der Waals surface area contributed by atoms with E-state index >= 15 is 0 Å². The second-order valence-electron chi connectivity index (χ2n) is 4.70. The second kappa shape index (κ2) is 6.05. The Kier molecular flexibility index (Phi) is 4.39. The van der Waals surface area contributed by atoms with Crippen molar-refractivity contribution in [3.8, 4) is 0 Å². The van der Waals surface area contributed by atoms with Crippen LogP contribution in [-0.2, 0) is 6.54 Å². The first kappa shape index (κ1) is 14.5. The van der Waals surface area contributed by atoms with Gasteiger partial charge in [-0.25, -0.2) is 9.07 Å². The molecule has 0 aliphatic heterocycles. The van der Waals surface area contributed by atoms with E-state index in [1.807, 2.05) is 13.8 Å². The molecule has 106 valence electrons. The monoisotopic (exact) mass is 295 g/mol. The molecule has 0 radical (unpaired) electrons. The third-order valence-electron chi connectivity index (χ3n) is 2.80. The minimum absolute atomic E-state index is 0.0581.